The number of nitrogens with two attached hydrogens (primary N) is 1. The average molecular weight is 234 g/mol. The van der Waals surface area contributed by atoms with Gasteiger partial charge >= 0.3 is 0 Å². The lowest BCUT2D eigenvalue weighted by molar-refractivity contribution is 0.0761. The Kier molecular flexibility index (Phi) is 4.84. The van der Waals surface area contributed by atoms with Gasteiger partial charge < -0.3 is 10.3 Å². The lowest BCUT2D eigenvalue weighted by Gasteiger charge is -2.18. The number of nitrogens with zero attached hydrogens (tertiary/aromatic N) is 4. The number of carbonyl (C=O) groups is 1. The number of nitrogen functional groups attached to an aromatic ring is 1. The Hall–Kier alpha value is -2.20. The molecule has 3 N–H and O–H groups in total. The molecule has 1 heterocycles. The maximum Gasteiger partial charge on any atom is 0.274 e. The van der Waals surface area contributed by atoms with Crippen molar-refractivity contribution in [3.8, 4) is 6.07 Å². The molecule has 0 saturated heterocycles. The van der Waals surface area contributed by atoms with E-state index >= 15 is 0 Å². The largest absolute Gasteiger partial charge is 0.336 e. The molecule has 1 aromatic rings. The van der Waals surface area contributed by atoms with Gasteiger partial charge in [0, 0.05) is 13.1 Å². The highest BCUT2D eigenvalue weighted by molar-refractivity contribution is 5.92. The third kappa shape index (κ3) is 3.39. The predicted octanol–water partition coefficient (Wildman–Crippen LogP) is 0.138. The van der Waals surface area contributed by atoms with E-state index in [0.29, 0.717) is 25.3 Å². The molecular formula is C10H14N6O. The molecular weight excluding hydrogens is 220 g/mol. The highest BCUT2D eigenvalue weighted by atomic mass is 16.2. The second kappa shape index (κ2) is 6.40. The summed E-state index contributed by atoms with van der Waals surface area (Å²) in [5.74, 6) is 5.30. The van der Waals surface area contributed by atoms with Gasteiger partial charge in [-0.25, -0.2) is 5.84 Å². The van der Waals surface area contributed by atoms with Crippen molar-refractivity contribution in [1.29, 1.82) is 5.26 Å². The van der Waals surface area contributed by atoms with Crippen LogP contribution in [-0.4, -0.2) is 34.1 Å². The maximum atomic E-state index is 11.9. The van der Waals surface area contributed by atoms with E-state index in [9.17, 15) is 4.79 Å². The number of aromatic nitrogens is 2. The van der Waals surface area contributed by atoms with Crippen molar-refractivity contribution in [2.45, 2.75) is 13.3 Å². The van der Waals surface area contributed by atoms with Gasteiger partial charge in [-0.1, -0.05) is 0 Å². The zero-order valence-corrected chi connectivity index (χ0v) is 9.55. The lowest BCUT2D eigenvalue weighted by Crippen LogP contribution is -2.32. The molecule has 1 rings (SSSR count). The van der Waals surface area contributed by atoms with Crippen LogP contribution in [0.4, 0.5) is 5.82 Å². The van der Waals surface area contributed by atoms with Crippen LogP contribution in [0.5, 0.6) is 0 Å². The first-order valence-corrected chi connectivity index (χ1v) is 5.19. The van der Waals surface area contributed by atoms with E-state index in [1.165, 1.54) is 0 Å². The molecule has 7 heteroatoms. The highest BCUT2D eigenvalue weighted by Crippen LogP contribution is 2.04. The second-order valence-corrected chi connectivity index (χ2v) is 3.24. The van der Waals surface area contributed by atoms with Gasteiger partial charge in [0.05, 0.1) is 12.5 Å². The predicted molar refractivity (Wildman–Crippen MR) is 61.6 cm³/mol. The summed E-state index contributed by atoms with van der Waals surface area (Å²) in [6.07, 6.45) is 0.301. The zero-order chi connectivity index (χ0) is 12.7. The van der Waals surface area contributed by atoms with Crippen molar-refractivity contribution < 1.29 is 4.79 Å². The van der Waals surface area contributed by atoms with Gasteiger partial charge in [-0.15, -0.1) is 10.2 Å². The van der Waals surface area contributed by atoms with Crippen LogP contribution in [0.2, 0.25) is 0 Å². The van der Waals surface area contributed by atoms with Gasteiger partial charge in [0.1, 0.15) is 0 Å². The summed E-state index contributed by atoms with van der Waals surface area (Å²) in [6.45, 7) is 2.77. The molecule has 0 aliphatic rings. The van der Waals surface area contributed by atoms with Gasteiger partial charge in [0.2, 0.25) is 0 Å². The van der Waals surface area contributed by atoms with E-state index in [4.69, 9.17) is 11.1 Å². The molecule has 0 aromatic carbocycles. The van der Waals surface area contributed by atoms with Crippen molar-refractivity contribution in [3.63, 3.8) is 0 Å². The minimum Gasteiger partial charge on any atom is -0.336 e. The Labute approximate surface area is 99.2 Å². The third-order valence-corrected chi connectivity index (χ3v) is 2.19. The van der Waals surface area contributed by atoms with Crippen molar-refractivity contribution in [2.75, 3.05) is 18.5 Å². The monoisotopic (exact) mass is 234 g/mol. The van der Waals surface area contributed by atoms with Crippen LogP contribution in [0, 0.1) is 11.3 Å². The minimum atomic E-state index is -0.237. The molecule has 0 fully saturated rings. The van der Waals surface area contributed by atoms with Crippen molar-refractivity contribution >= 4 is 11.7 Å². The Morgan fingerprint density at radius 1 is 1.59 bits per heavy atom. The molecule has 0 unspecified atom stereocenters. The number of nitrogens with one attached hydrogen (secondary N) is 1. The van der Waals surface area contributed by atoms with E-state index in [1.54, 1.807) is 17.0 Å². The fraction of sp³-hybridized carbons (Fsp3) is 0.400. The third-order valence-electron chi connectivity index (χ3n) is 2.19. The molecule has 1 aromatic heterocycles. The summed E-state index contributed by atoms with van der Waals surface area (Å²) in [4.78, 5) is 13.5. The van der Waals surface area contributed by atoms with Gasteiger partial charge in [-0.05, 0) is 19.1 Å². The minimum absolute atomic E-state index is 0.237. The van der Waals surface area contributed by atoms with Gasteiger partial charge in [0.25, 0.3) is 5.91 Å². The van der Waals surface area contributed by atoms with E-state index in [2.05, 4.69) is 15.6 Å². The molecule has 1 amide bonds. The molecule has 0 saturated carbocycles. The Balaban J connectivity index is 2.75. The number of rotatable bonds is 5. The summed E-state index contributed by atoms with van der Waals surface area (Å²) in [7, 11) is 0. The standard InChI is InChI=1S/C10H14N6O/c1-2-16(7-3-6-11)10(17)8-4-5-9(13-12)15-14-8/h4-5H,2-3,7,12H2,1H3,(H,13,15). The number of anilines is 1. The van der Waals surface area contributed by atoms with Gasteiger partial charge in [-0.3, -0.25) is 4.79 Å². The van der Waals surface area contributed by atoms with E-state index in [-0.39, 0.29) is 11.6 Å². The normalized spacial score (nSPS) is 9.47. The molecule has 0 aliphatic heterocycles. The number of hydrogen-bond donors (Lipinski definition) is 2. The van der Waals surface area contributed by atoms with Crippen LogP contribution in [0.25, 0.3) is 0 Å². The highest BCUT2D eigenvalue weighted by Gasteiger charge is 2.15. The Morgan fingerprint density at radius 2 is 2.35 bits per heavy atom. The SMILES string of the molecule is CCN(CCC#N)C(=O)c1ccc(NN)nn1. The lowest BCUT2D eigenvalue weighted by atomic mass is 10.3. The number of amides is 1. The van der Waals surface area contributed by atoms with Crippen molar-refractivity contribution in [1.82, 2.24) is 15.1 Å². The zero-order valence-electron chi connectivity index (χ0n) is 9.55. The summed E-state index contributed by atoms with van der Waals surface area (Å²) in [5, 5.41) is 16.0. The molecule has 0 aliphatic carbocycles. The molecule has 0 atom stereocenters. The van der Waals surface area contributed by atoms with Crippen molar-refractivity contribution in [3.05, 3.63) is 17.8 Å². The molecule has 0 bridgehead atoms. The smallest absolute Gasteiger partial charge is 0.274 e. The topological polar surface area (TPSA) is 108 Å². The van der Waals surface area contributed by atoms with Crippen LogP contribution in [-0.2, 0) is 0 Å². The summed E-state index contributed by atoms with van der Waals surface area (Å²) < 4.78 is 0. The first kappa shape index (κ1) is 12.9. The van der Waals surface area contributed by atoms with Crippen LogP contribution in [0.15, 0.2) is 12.1 Å². The fourth-order valence-corrected chi connectivity index (χ4v) is 1.27. The molecule has 0 spiro atoms. The molecule has 90 valence electrons. The first-order valence-electron chi connectivity index (χ1n) is 5.19. The molecule has 0 radical (unpaired) electrons. The molecule has 7 nitrogen and oxygen atoms in total. The summed E-state index contributed by atoms with van der Waals surface area (Å²) in [6, 6.07) is 5.11. The quantitative estimate of drug-likeness (QED) is 0.554. The maximum absolute atomic E-state index is 11.9. The second-order valence-electron chi connectivity index (χ2n) is 3.24. The number of hydrogen-bond acceptors (Lipinski definition) is 6. The molecule has 17 heavy (non-hydrogen) atoms. The summed E-state index contributed by atoms with van der Waals surface area (Å²) in [5.41, 5.74) is 2.57. The van der Waals surface area contributed by atoms with Crippen LogP contribution >= 0.6 is 0 Å². The Morgan fingerprint density at radius 3 is 2.82 bits per heavy atom. The first-order chi connectivity index (χ1) is 8.22. The number of hydrazine groups is 1. The number of carbonyl (C=O) groups excluding carboxylic acids is 1. The van der Waals surface area contributed by atoms with Crippen LogP contribution in [0.1, 0.15) is 23.8 Å². The fourth-order valence-electron chi connectivity index (χ4n) is 1.27. The summed E-state index contributed by atoms with van der Waals surface area (Å²) >= 11 is 0. The van der Waals surface area contributed by atoms with E-state index in [1.807, 2.05) is 13.0 Å². The number of nitriles is 1. The van der Waals surface area contributed by atoms with Crippen LogP contribution in [0.3, 0.4) is 0 Å². The van der Waals surface area contributed by atoms with Crippen LogP contribution < -0.4 is 11.3 Å². The Bertz CT molecular complexity index is 410. The van der Waals surface area contributed by atoms with E-state index < -0.39 is 0 Å². The van der Waals surface area contributed by atoms with Crippen molar-refractivity contribution in [2.24, 2.45) is 5.84 Å². The average Bonchev–Trinajstić information content (AvgIpc) is 2.39. The van der Waals surface area contributed by atoms with Gasteiger partial charge in [-0.2, -0.15) is 5.26 Å². The van der Waals surface area contributed by atoms with Gasteiger partial charge in [0.15, 0.2) is 11.5 Å². The van der Waals surface area contributed by atoms with E-state index in [0.717, 1.165) is 0 Å².